The normalized spacial score (nSPS) is 18.6. The second-order valence-corrected chi connectivity index (χ2v) is 2.59. The maximum atomic E-state index is 8.16. The van der Waals surface area contributed by atoms with Gasteiger partial charge in [-0.2, -0.15) is 5.26 Å². The molecule has 0 radical (unpaired) electrons. The Hall–Kier alpha value is -0.550. The van der Waals surface area contributed by atoms with E-state index in [2.05, 4.69) is 11.4 Å². The van der Waals surface area contributed by atoms with Gasteiger partial charge in [0.25, 0.3) is 0 Å². The first kappa shape index (κ1) is 6.57. The number of hydrogen-bond acceptors (Lipinski definition) is 2. The van der Waals surface area contributed by atoms with Crippen LogP contribution in [0.25, 0.3) is 0 Å². The monoisotopic (exact) mass is 124 g/mol. The quantitative estimate of drug-likeness (QED) is 0.448. The van der Waals surface area contributed by atoms with Crippen molar-refractivity contribution in [3.05, 3.63) is 0 Å². The molecule has 0 aromatic carbocycles. The molecule has 1 N–H and O–H groups in total. The van der Waals surface area contributed by atoms with Crippen molar-refractivity contribution in [2.45, 2.75) is 19.3 Å². The average Bonchev–Trinajstić information content (AvgIpc) is 1.76. The van der Waals surface area contributed by atoms with Crippen LogP contribution in [0, 0.1) is 17.2 Å². The fourth-order valence-electron chi connectivity index (χ4n) is 1.03. The van der Waals surface area contributed by atoms with Crippen molar-refractivity contribution in [2.75, 3.05) is 13.1 Å². The van der Waals surface area contributed by atoms with Gasteiger partial charge in [-0.15, -0.1) is 0 Å². The molecule has 0 unspecified atom stereocenters. The molecule has 1 rings (SSSR count). The first-order chi connectivity index (χ1) is 4.43. The molecule has 0 aliphatic heterocycles. The third-order valence-electron chi connectivity index (χ3n) is 1.86. The summed E-state index contributed by atoms with van der Waals surface area (Å²) in [5.74, 6) is 0.873. The summed E-state index contributed by atoms with van der Waals surface area (Å²) in [5, 5.41) is 11.2. The molecule has 50 valence electrons. The van der Waals surface area contributed by atoms with Gasteiger partial charge in [-0.25, -0.2) is 0 Å². The van der Waals surface area contributed by atoms with Gasteiger partial charge in [-0.1, -0.05) is 6.42 Å². The highest BCUT2D eigenvalue weighted by atomic mass is 14.9. The maximum absolute atomic E-state index is 8.16. The first-order valence-electron chi connectivity index (χ1n) is 3.51. The fourth-order valence-corrected chi connectivity index (χ4v) is 1.03. The average molecular weight is 124 g/mol. The van der Waals surface area contributed by atoms with E-state index in [0.717, 1.165) is 12.5 Å². The van der Waals surface area contributed by atoms with Crippen molar-refractivity contribution >= 4 is 0 Å². The minimum atomic E-state index is 0.510. The highest BCUT2D eigenvalue weighted by Gasteiger charge is 2.15. The Morgan fingerprint density at radius 2 is 2.33 bits per heavy atom. The topological polar surface area (TPSA) is 35.8 Å². The van der Waals surface area contributed by atoms with Crippen molar-refractivity contribution in [1.82, 2.24) is 5.32 Å². The third-order valence-corrected chi connectivity index (χ3v) is 1.86. The van der Waals surface area contributed by atoms with E-state index >= 15 is 0 Å². The molecule has 1 aliphatic carbocycles. The Labute approximate surface area is 55.9 Å². The Bertz CT molecular complexity index is 111. The number of hydrogen-bond donors (Lipinski definition) is 1. The predicted octanol–water partition coefficient (Wildman–Crippen LogP) is 0.900. The van der Waals surface area contributed by atoms with E-state index in [1.807, 2.05) is 0 Å². The number of nitrogens with one attached hydrogen (secondary N) is 1. The molecule has 0 aromatic rings. The Kier molecular flexibility index (Phi) is 2.53. The van der Waals surface area contributed by atoms with E-state index in [9.17, 15) is 0 Å². The van der Waals surface area contributed by atoms with Crippen LogP contribution >= 0.6 is 0 Å². The molecule has 1 fully saturated rings. The lowest BCUT2D eigenvalue weighted by atomic mass is 9.85. The summed E-state index contributed by atoms with van der Waals surface area (Å²) in [6.07, 6.45) is 4.11. The van der Waals surface area contributed by atoms with Crippen molar-refractivity contribution in [1.29, 1.82) is 5.26 Å². The molecule has 0 atom stereocenters. The van der Waals surface area contributed by atoms with Crippen molar-refractivity contribution in [2.24, 2.45) is 5.92 Å². The van der Waals surface area contributed by atoms with Gasteiger partial charge in [0.1, 0.15) is 0 Å². The third kappa shape index (κ3) is 2.03. The first-order valence-corrected chi connectivity index (χ1v) is 3.51. The molecule has 0 heterocycles. The van der Waals surface area contributed by atoms with Crippen molar-refractivity contribution in [3.8, 4) is 6.07 Å². The molecule has 2 heteroatoms. The second-order valence-electron chi connectivity index (χ2n) is 2.59. The van der Waals surface area contributed by atoms with Crippen LogP contribution in [0.5, 0.6) is 0 Å². The molecule has 1 aliphatic rings. The van der Waals surface area contributed by atoms with Crippen LogP contribution in [0.3, 0.4) is 0 Å². The van der Waals surface area contributed by atoms with Crippen LogP contribution in [0.1, 0.15) is 19.3 Å². The smallest absolute Gasteiger partial charge is 0.0841 e. The Morgan fingerprint density at radius 3 is 2.78 bits per heavy atom. The summed E-state index contributed by atoms with van der Waals surface area (Å²) in [6, 6.07) is 2.06. The van der Waals surface area contributed by atoms with E-state index < -0.39 is 0 Å². The van der Waals surface area contributed by atoms with Gasteiger partial charge in [-0.05, 0) is 25.3 Å². The van der Waals surface area contributed by atoms with Crippen molar-refractivity contribution in [3.63, 3.8) is 0 Å². The zero-order chi connectivity index (χ0) is 6.53. The molecule has 2 nitrogen and oxygen atoms in total. The zero-order valence-electron chi connectivity index (χ0n) is 5.56. The molecule has 0 aromatic heterocycles. The van der Waals surface area contributed by atoms with Gasteiger partial charge >= 0.3 is 0 Å². The van der Waals surface area contributed by atoms with E-state index in [1.165, 1.54) is 19.3 Å². The van der Waals surface area contributed by atoms with Crippen LogP contribution in [0.15, 0.2) is 0 Å². The lowest BCUT2D eigenvalue weighted by Crippen LogP contribution is -2.27. The highest BCUT2D eigenvalue weighted by molar-refractivity contribution is 4.77. The largest absolute Gasteiger partial charge is 0.304 e. The minimum Gasteiger partial charge on any atom is -0.304 e. The zero-order valence-corrected chi connectivity index (χ0v) is 5.56. The van der Waals surface area contributed by atoms with E-state index in [-0.39, 0.29) is 0 Å². The second kappa shape index (κ2) is 3.47. The molecule has 1 saturated carbocycles. The Morgan fingerprint density at radius 1 is 1.56 bits per heavy atom. The van der Waals surface area contributed by atoms with E-state index in [0.29, 0.717) is 6.54 Å². The summed E-state index contributed by atoms with van der Waals surface area (Å²) < 4.78 is 0. The lowest BCUT2D eigenvalue weighted by Gasteiger charge is -2.24. The summed E-state index contributed by atoms with van der Waals surface area (Å²) in [5.41, 5.74) is 0. The van der Waals surface area contributed by atoms with Crippen LogP contribution in [-0.4, -0.2) is 13.1 Å². The summed E-state index contributed by atoms with van der Waals surface area (Å²) in [7, 11) is 0. The van der Waals surface area contributed by atoms with Crippen molar-refractivity contribution < 1.29 is 0 Å². The summed E-state index contributed by atoms with van der Waals surface area (Å²) in [4.78, 5) is 0. The standard InChI is InChI=1S/C7H12N2/c8-4-5-9-6-7-2-1-3-7/h7,9H,1-3,5-6H2. The summed E-state index contributed by atoms with van der Waals surface area (Å²) in [6.45, 7) is 1.56. The number of nitrogens with zero attached hydrogens (tertiary/aromatic N) is 1. The molecular weight excluding hydrogens is 112 g/mol. The molecule has 0 spiro atoms. The predicted molar refractivity (Wildman–Crippen MR) is 35.8 cm³/mol. The van der Waals surface area contributed by atoms with Gasteiger partial charge in [0.15, 0.2) is 0 Å². The van der Waals surface area contributed by atoms with E-state index in [1.54, 1.807) is 0 Å². The minimum absolute atomic E-state index is 0.510. The van der Waals surface area contributed by atoms with Gasteiger partial charge in [0, 0.05) is 0 Å². The number of rotatable bonds is 3. The van der Waals surface area contributed by atoms with Gasteiger partial charge in [-0.3, -0.25) is 0 Å². The number of nitriles is 1. The van der Waals surface area contributed by atoms with Gasteiger partial charge < -0.3 is 5.32 Å². The van der Waals surface area contributed by atoms with Crippen LogP contribution < -0.4 is 5.32 Å². The van der Waals surface area contributed by atoms with Gasteiger partial charge in [0.05, 0.1) is 12.6 Å². The maximum Gasteiger partial charge on any atom is 0.0841 e. The highest BCUT2D eigenvalue weighted by Crippen LogP contribution is 2.24. The molecule has 9 heavy (non-hydrogen) atoms. The molecule has 0 saturated heterocycles. The SMILES string of the molecule is N#CCNCC1CCC1. The van der Waals surface area contributed by atoms with Crippen LogP contribution in [-0.2, 0) is 0 Å². The van der Waals surface area contributed by atoms with E-state index in [4.69, 9.17) is 5.26 Å². The molecule has 0 bridgehead atoms. The summed E-state index contributed by atoms with van der Waals surface area (Å²) >= 11 is 0. The lowest BCUT2D eigenvalue weighted by molar-refractivity contribution is 0.306. The molecule has 0 amide bonds. The fraction of sp³-hybridized carbons (Fsp3) is 0.857. The van der Waals surface area contributed by atoms with Crippen LogP contribution in [0.4, 0.5) is 0 Å². The molecular formula is C7H12N2. The van der Waals surface area contributed by atoms with Crippen LogP contribution in [0.2, 0.25) is 0 Å². The van der Waals surface area contributed by atoms with Gasteiger partial charge in [0.2, 0.25) is 0 Å². The Balaban J connectivity index is 1.87.